The maximum absolute atomic E-state index is 6.02. The molecule has 0 saturated carbocycles. The standard InChI is InChI=1S/C13H18ClNOS/c1-9-12(5-7-16-9)17-13-3-2-11(14)8-10(13)4-6-15/h2-3,8-9,12H,4-7,15H2,1H3. The van der Waals surface area contributed by atoms with Crippen LogP contribution in [0.4, 0.5) is 0 Å². The third-order valence-electron chi connectivity index (χ3n) is 3.02. The third kappa shape index (κ3) is 3.38. The minimum absolute atomic E-state index is 0.335. The number of ether oxygens (including phenoxy) is 1. The van der Waals surface area contributed by atoms with Gasteiger partial charge in [0.1, 0.15) is 0 Å². The number of nitrogens with two attached hydrogens (primary N) is 1. The van der Waals surface area contributed by atoms with Gasteiger partial charge in [0.25, 0.3) is 0 Å². The average molecular weight is 272 g/mol. The van der Waals surface area contributed by atoms with E-state index in [1.807, 2.05) is 23.9 Å². The molecule has 2 N–H and O–H groups in total. The molecule has 4 heteroatoms. The lowest BCUT2D eigenvalue weighted by molar-refractivity contribution is 0.127. The molecule has 0 spiro atoms. The van der Waals surface area contributed by atoms with Crippen molar-refractivity contribution in [3.05, 3.63) is 28.8 Å². The first-order chi connectivity index (χ1) is 8.20. The fourth-order valence-electron chi connectivity index (χ4n) is 2.04. The Morgan fingerprint density at radius 2 is 2.35 bits per heavy atom. The van der Waals surface area contributed by atoms with Gasteiger partial charge in [-0.15, -0.1) is 11.8 Å². The van der Waals surface area contributed by atoms with Crippen LogP contribution in [0.3, 0.4) is 0 Å². The Morgan fingerprint density at radius 1 is 1.53 bits per heavy atom. The lowest BCUT2D eigenvalue weighted by atomic mass is 10.1. The average Bonchev–Trinajstić information content (AvgIpc) is 2.69. The van der Waals surface area contributed by atoms with E-state index in [0.717, 1.165) is 24.5 Å². The summed E-state index contributed by atoms with van der Waals surface area (Å²) in [5, 5.41) is 1.33. The first-order valence-electron chi connectivity index (χ1n) is 5.97. The molecule has 1 fully saturated rings. The van der Waals surface area contributed by atoms with Gasteiger partial charge in [-0.05, 0) is 50.1 Å². The molecule has 0 bridgehead atoms. The van der Waals surface area contributed by atoms with Gasteiger partial charge in [0.05, 0.1) is 6.10 Å². The molecule has 1 aliphatic heterocycles. The molecule has 0 amide bonds. The van der Waals surface area contributed by atoms with Gasteiger partial charge in [-0.1, -0.05) is 11.6 Å². The molecular weight excluding hydrogens is 254 g/mol. The lowest BCUT2D eigenvalue weighted by Gasteiger charge is -2.16. The first kappa shape index (κ1) is 13.2. The van der Waals surface area contributed by atoms with E-state index in [9.17, 15) is 0 Å². The SMILES string of the molecule is CC1OCCC1Sc1ccc(Cl)cc1CCN. The number of thioether (sulfide) groups is 1. The molecule has 1 heterocycles. The summed E-state index contributed by atoms with van der Waals surface area (Å²) in [4.78, 5) is 1.29. The highest BCUT2D eigenvalue weighted by atomic mass is 35.5. The Labute approximate surface area is 112 Å². The van der Waals surface area contributed by atoms with Crippen LogP contribution in [0.2, 0.25) is 5.02 Å². The summed E-state index contributed by atoms with van der Waals surface area (Å²) in [7, 11) is 0. The Hall–Kier alpha value is -0.220. The second-order valence-electron chi connectivity index (χ2n) is 4.31. The van der Waals surface area contributed by atoms with Crippen molar-refractivity contribution in [2.24, 2.45) is 5.73 Å². The van der Waals surface area contributed by atoms with Crippen LogP contribution in [-0.4, -0.2) is 24.5 Å². The first-order valence-corrected chi connectivity index (χ1v) is 7.23. The number of benzene rings is 1. The summed E-state index contributed by atoms with van der Waals surface area (Å²) in [5.41, 5.74) is 6.89. The van der Waals surface area contributed by atoms with Crippen molar-refractivity contribution in [3.8, 4) is 0 Å². The molecule has 17 heavy (non-hydrogen) atoms. The summed E-state index contributed by atoms with van der Waals surface area (Å²) in [6.07, 6.45) is 2.34. The van der Waals surface area contributed by atoms with Gasteiger partial charge in [0.2, 0.25) is 0 Å². The highest BCUT2D eigenvalue weighted by molar-refractivity contribution is 8.00. The van der Waals surface area contributed by atoms with Crippen LogP contribution in [-0.2, 0) is 11.2 Å². The fourth-order valence-corrected chi connectivity index (χ4v) is 3.51. The molecule has 1 aliphatic rings. The van der Waals surface area contributed by atoms with Crippen molar-refractivity contribution in [3.63, 3.8) is 0 Å². The van der Waals surface area contributed by atoms with Crippen LogP contribution < -0.4 is 5.73 Å². The van der Waals surface area contributed by atoms with Gasteiger partial charge in [0, 0.05) is 21.8 Å². The molecular formula is C13H18ClNOS. The monoisotopic (exact) mass is 271 g/mol. The molecule has 1 aromatic carbocycles. The van der Waals surface area contributed by atoms with Crippen molar-refractivity contribution < 1.29 is 4.74 Å². The van der Waals surface area contributed by atoms with Crippen LogP contribution in [0.5, 0.6) is 0 Å². The van der Waals surface area contributed by atoms with Crippen molar-refractivity contribution in [1.82, 2.24) is 0 Å². The molecule has 94 valence electrons. The zero-order chi connectivity index (χ0) is 12.3. The third-order valence-corrected chi connectivity index (χ3v) is 4.83. The Balaban J connectivity index is 2.13. The van der Waals surface area contributed by atoms with E-state index < -0.39 is 0 Å². The molecule has 2 atom stereocenters. The van der Waals surface area contributed by atoms with Gasteiger partial charge < -0.3 is 10.5 Å². The second kappa shape index (κ2) is 6.10. The van der Waals surface area contributed by atoms with E-state index in [1.165, 1.54) is 10.5 Å². The summed E-state index contributed by atoms with van der Waals surface area (Å²) in [6.45, 7) is 3.67. The number of hydrogen-bond acceptors (Lipinski definition) is 3. The Kier molecular flexibility index (Phi) is 4.74. The predicted octanol–water partition coefficient (Wildman–Crippen LogP) is 3.11. The Morgan fingerprint density at radius 3 is 3.00 bits per heavy atom. The molecule has 0 aromatic heterocycles. The van der Waals surface area contributed by atoms with Gasteiger partial charge in [-0.2, -0.15) is 0 Å². The quantitative estimate of drug-likeness (QED) is 0.914. The van der Waals surface area contributed by atoms with E-state index in [4.69, 9.17) is 22.1 Å². The largest absolute Gasteiger partial charge is 0.377 e. The van der Waals surface area contributed by atoms with Crippen LogP contribution in [0.1, 0.15) is 18.9 Å². The van der Waals surface area contributed by atoms with Gasteiger partial charge in [-0.25, -0.2) is 0 Å². The minimum atomic E-state index is 0.335. The molecule has 2 rings (SSSR count). The fraction of sp³-hybridized carbons (Fsp3) is 0.538. The van der Waals surface area contributed by atoms with E-state index in [-0.39, 0.29) is 0 Å². The normalized spacial score (nSPS) is 24.2. The number of hydrogen-bond donors (Lipinski definition) is 1. The molecule has 2 unspecified atom stereocenters. The maximum Gasteiger partial charge on any atom is 0.0669 e. The van der Waals surface area contributed by atoms with Gasteiger partial charge >= 0.3 is 0 Å². The van der Waals surface area contributed by atoms with Crippen molar-refractivity contribution in [1.29, 1.82) is 0 Å². The molecule has 1 saturated heterocycles. The summed E-state index contributed by atoms with van der Waals surface area (Å²) >= 11 is 7.92. The second-order valence-corrected chi connectivity index (χ2v) is 6.03. The highest BCUT2D eigenvalue weighted by Crippen LogP contribution is 2.35. The zero-order valence-electron chi connectivity index (χ0n) is 9.99. The lowest BCUT2D eigenvalue weighted by Crippen LogP contribution is -2.13. The zero-order valence-corrected chi connectivity index (χ0v) is 11.6. The van der Waals surface area contributed by atoms with Crippen LogP contribution >= 0.6 is 23.4 Å². The molecule has 1 aromatic rings. The van der Waals surface area contributed by atoms with Crippen molar-refractivity contribution in [2.75, 3.05) is 13.2 Å². The summed E-state index contributed by atoms with van der Waals surface area (Å²) in [5.74, 6) is 0. The highest BCUT2D eigenvalue weighted by Gasteiger charge is 2.25. The summed E-state index contributed by atoms with van der Waals surface area (Å²) in [6, 6.07) is 6.07. The van der Waals surface area contributed by atoms with Crippen LogP contribution in [0, 0.1) is 0 Å². The van der Waals surface area contributed by atoms with Gasteiger partial charge in [0.15, 0.2) is 0 Å². The minimum Gasteiger partial charge on any atom is -0.377 e. The number of rotatable bonds is 4. The topological polar surface area (TPSA) is 35.2 Å². The van der Waals surface area contributed by atoms with E-state index in [2.05, 4.69) is 13.0 Å². The predicted molar refractivity (Wildman–Crippen MR) is 73.9 cm³/mol. The summed E-state index contributed by atoms with van der Waals surface area (Å²) < 4.78 is 5.59. The van der Waals surface area contributed by atoms with Gasteiger partial charge in [-0.3, -0.25) is 0 Å². The Bertz CT molecular complexity index is 386. The smallest absolute Gasteiger partial charge is 0.0669 e. The van der Waals surface area contributed by atoms with E-state index in [1.54, 1.807) is 0 Å². The maximum atomic E-state index is 6.02. The van der Waals surface area contributed by atoms with Crippen molar-refractivity contribution >= 4 is 23.4 Å². The van der Waals surface area contributed by atoms with Crippen LogP contribution in [0.15, 0.2) is 23.1 Å². The van der Waals surface area contributed by atoms with Crippen LogP contribution in [0.25, 0.3) is 0 Å². The molecule has 0 radical (unpaired) electrons. The number of halogens is 1. The molecule has 2 nitrogen and oxygen atoms in total. The van der Waals surface area contributed by atoms with Crippen molar-refractivity contribution in [2.45, 2.75) is 36.0 Å². The van der Waals surface area contributed by atoms with E-state index >= 15 is 0 Å². The molecule has 0 aliphatic carbocycles. The van der Waals surface area contributed by atoms with E-state index in [0.29, 0.717) is 17.9 Å².